The van der Waals surface area contributed by atoms with Crippen LogP contribution in [0.25, 0.3) is 0 Å². The van der Waals surface area contributed by atoms with Crippen molar-refractivity contribution in [2.24, 2.45) is 0 Å². The molecule has 2 rings (SSSR count). The average Bonchev–Trinajstić information content (AvgIpc) is 2.63. The fourth-order valence-electron chi connectivity index (χ4n) is 1.53. The molecule has 0 aliphatic carbocycles. The van der Waals surface area contributed by atoms with Crippen molar-refractivity contribution in [2.75, 3.05) is 0 Å². The van der Waals surface area contributed by atoms with E-state index < -0.39 is 11.6 Å². The Bertz CT molecular complexity index is 536. The Kier molecular flexibility index (Phi) is 3.32. The van der Waals surface area contributed by atoms with Crippen LogP contribution in [0.1, 0.15) is 22.6 Å². The van der Waals surface area contributed by atoms with Crippen molar-refractivity contribution >= 4 is 0 Å². The van der Waals surface area contributed by atoms with E-state index in [2.05, 4.69) is 12.1 Å². The van der Waals surface area contributed by atoms with Gasteiger partial charge >= 0.3 is 0 Å². The Hall–Kier alpha value is -1.91. The smallest absolute Gasteiger partial charge is 0.140 e. The zero-order chi connectivity index (χ0) is 13.3. The van der Waals surface area contributed by atoms with Gasteiger partial charge in [0.05, 0.1) is 11.3 Å². The molecule has 0 spiro atoms. The lowest BCUT2D eigenvalue weighted by molar-refractivity contribution is 0.298. The van der Waals surface area contributed by atoms with Crippen molar-refractivity contribution in [1.29, 1.82) is 0 Å². The van der Waals surface area contributed by atoms with Crippen molar-refractivity contribution in [3.63, 3.8) is 0 Å². The van der Waals surface area contributed by atoms with E-state index in [9.17, 15) is 8.78 Å². The minimum absolute atomic E-state index is 0.109. The maximum Gasteiger partial charge on any atom is 0.140 e. The highest BCUT2D eigenvalue weighted by atomic mass is 19.1. The van der Waals surface area contributed by atoms with E-state index >= 15 is 0 Å². The molecule has 5 heteroatoms. The predicted molar refractivity (Wildman–Crippen MR) is 61.1 cm³/mol. The fraction of sp³-hybridized carbons (Fsp3) is 0.231. The minimum atomic E-state index is -0.733. The summed E-state index contributed by atoms with van der Waals surface area (Å²) >= 11 is 0. The maximum absolute atomic E-state index is 13.3. The SMILES string of the molecule is [CH2]c1c(F)cc(OCc2c(C)noc2C)cc1F. The molecule has 1 heterocycles. The molecular formula is C13H12F2NO2. The van der Waals surface area contributed by atoms with Gasteiger partial charge in [0.25, 0.3) is 0 Å². The number of nitrogens with zero attached hydrogens (tertiary/aromatic N) is 1. The van der Waals surface area contributed by atoms with Crippen LogP contribution in [0.15, 0.2) is 16.7 Å². The average molecular weight is 252 g/mol. The molecule has 1 aromatic heterocycles. The van der Waals surface area contributed by atoms with Crippen LogP contribution in [-0.4, -0.2) is 5.16 Å². The molecule has 1 radical (unpaired) electrons. The second-order valence-corrected chi connectivity index (χ2v) is 3.96. The van der Waals surface area contributed by atoms with Crippen LogP contribution in [0, 0.1) is 32.4 Å². The summed E-state index contributed by atoms with van der Waals surface area (Å²) in [5, 5.41) is 3.76. The Balaban J connectivity index is 2.16. The second kappa shape index (κ2) is 4.76. The van der Waals surface area contributed by atoms with Crippen molar-refractivity contribution in [1.82, 2.24) is 5.16 Å². The van der Waals surface area contributed by atoms with Crippen LogP contribution in [0.3, 0.4) is 0 Å². The number of benzene rings is 1. The number of aromatic nitrogens is 1. The van der Waals surface area contributed by atoms with Gasteiger partial charge in [-0.05, 0) is 20.8 Å². The zero-order valence-electron chi connectivity index (χ0n) is 10.1. The van der Waals surface area contributed by atoms with Crippen LogP contribution in [0.5, 0.6) is 5.75 Å². The molecule has 0 bridgehead atoms. The number of rotatable bonds is 3. The summed E-state index contributed by atoms with van der Waals surface area (Å²) in [6.45, 7) is 6.94. The third-order valence-corrected chi connectivity index (χ3v) is 2.68. The Labute approximate surface area is 103 Å². The van der Waals surface area contributed by atoms with Gasteiger partial charge in [-0.15, -0.1) is 0 Å². The summed E-state index contributed by atoms with van der Waals surface area (Å²) in [6.07, 6.45) is 0. The van der Waals surface area contributed by atoms with Gasteiger partial charge < -0.3 is 9.26 Å². The largest absolute Gasteiger partial charge is 0.488 e. The van der Waals surface area contributed by atoms with E-state index in [-0.39, 0.29) is 17.9 Å². The second-order valence-electron chi connectivity index (χ2n) is 3.96. The molecule has 0 amide bonds. The molecule has 95 valence electrons. The van der Waals surface area contributed by atoms with Gasteiger partial charge in [-0.25, -0.2) is 8.78 Å². The van der Waals surface area contributed by atoms with Gasteiger partial charge in [-0.2, -0.15) is 0 Å². The van der Waals surface area contributed by atoms with Crippen LogP contribution in [-0.2, 0) is 6.61 Å². The van der Waals surface area contributed by atoms with E-state index in [1.165, 1.54) is 0 Å². The van der Waals surface area contributed by atoms with Crippen LogP contribution in [0.2, 0.25) is 0 Å². The topological polar surface area (TPSA) is 35.3 Å². The van der Waals surface area contributed by atoms with Gasteiger partial charge in [-0.1, -0.05) is 5.16 Å². The molecule has 0 N–H and O–H groups in total. The fourth-order valence-corrected chi connectivity index (χ4v) is 1.53. The Morgan fingerprint density at radius 1 is 1.28 bits per heavy atom. The van der Waals surface area contributed by atoms with Gasteiger partial charge in [0.2, 0.25) is 0 Å². The molecule has 18 heavy (non-hydrogen) atoms. The maximum atomic E-state index is 13.3. The lowest BCUT2D eigenvalue weighted by Crippen LogP contribution is -1.99. The van der Waals surface area contributed by atoms with E-state index in [4.69, 9.17) is 9.26 Å². The number of ether oxygens (including phenoxy) is 1. The van der Waals surface area contributed by atoms with Crippen LogP contribution in [0.4, 0.5) is 8.78 Å². The van der Waals surface area contributed by atoms with Gasteiger partial charge in [0, 0.05) is 17.7 Å². The zero-order valence-corrected chi connectivity index (χ0v) is 10.1. The summed E-state index contributed by atoms with van der Waals surface area (Å²) in [6, 6.07) is 2.20. The van der Waals surface area contributed by atoms with Crippen LogP contribution < -0.4 is 4.74 Å². The van der Waals surface area contributed by atoms with Crippen molar-refractivity contribution < 1.29 is 18.0 Å². The molecule has 0 aliphatic rings. The van der Waals surface area contributed by atoms with Gasteiger partial charge in [-0.3, -0.25) is 0 Å². The number of hydrogen-bond donors (Lipinski definition) is 0. The first-order valence-electron chi connectivity index (χ1n) is 5.34. The highest BCUT2D eigenvalue weighted by molar-refractivity contribution is 5.32. The molecule has 0 fully saturated rings. The molecule has 0 saturated heterocycles. The highest BCUT2D eigenvalue weighted by Crippen LogP contribution is 2.22. The summed E-state index contributed by atoms with van der Waals surface area (Å²) in [5.41, 5.74) is 1.21. The summed E-state index contributed by atoms with van der Waals surface area (Å²) in [4.78, 5) is 0. The molecule has 2 aromatic rings. The molecule has 0 aliphatic heterocycles. The lowest BCUT2D eigenvalue weighted by Gasteiger charge is -2.07. The molecule has 0 saturated carbocycles. The third kappa shape index (κ3) is 2.34. The number of halogens is 2. The Morgan fingerprint density at radius 2 is 1.89 bits per heavy atom. The minimum Gasteiger partial charge on any atom is -0.488 e. The standard InChI is InChI=1S/C13H12F2NO2/c1-7-12(14)4-10(5-13(7)15)17-6-11-8(2)16-18-9(11)3/h4-5H,1,6H2,2-3H3. The Morgan fingerprint density at radius 3 is 2.39 bits per heavy atom. The van der Waals surface area contributed by atoms with E-state index in [0.717, 1.165) is 17.7 Å². The number of aryl methyl sites for hydroxylation is 2. The quantitative estimate of drug-likeness (QED) is 0.840. The van der Waals surface area contributed by atoms with Crippen molar-refractivity contribution in [2.45, 2.75) is 20.5 Å². The lowest BCUT2D eigenvalue weighted by atomic mass is 10.2. The van der Waals surface area contributed by atoms with E-state index in [1.807, 2.05) is 0 Å². The molecule has 0 unspecified atom stereocenters. The molecule has 1 aromatic carbocycles. The monoisotopic (exact) mass is 252 g/mol. The first-order chi connectivity index (χ1) is 8.49. The van der Waals surface area contributed by atoms with E-state index in [0.29, 0.717) is 11.5 Å². The summed E-state index contributed by atoms with van der Waals surface area (Å²) in [5.74, 6) is -0.729. The molecular weight excluding hydrogens is 240 g/mol. The van der Waals surface area contributed by atoms with Gasteiger partial charge in [0.1, 0.15) is 29.8 Å². The van der Waals surface area contributed by atoms with Crippen molar-refractivity contribution in [3.8, 4) is 5.75 Å². The van der Waals surface area contributed by atoms with Crippen molar-refractivity contribution in [3.05, 3.63) is 53.3 Å². The van der Waals surface area contributed by atoms with E-state index in [1.54, 1.807) is 13.8 Å². The highest BCUT2D eigenvalue weighted by Gasteiger charge is 2.11. The first-order valence-corrected chi connectivity index (χ1v) is 5.34. The third-order valence-electron chi connectivity index (χ3n) is 2.68. The summed E-state index contributed by atoms with van der Waals surface area (Å²) < 4.78 is 36.8. The van der Waals surface area contributed by atoms with Gasteiger partial charge in [0.15, 0.2) is 0 Å². The number of hydrogen-bond acceptors (Lipinski definition) is 3. The summed E-state index contributed by atoms with van der Waals surface area (Å²) in [7, 11) is 0. The normalized spacial score (nSPS) is 10.7. The molecule has 0 atom stereocenters. The predicted octanol–water partition coefficient (Wildman–Crippen LogP) is 3.33. The van der Waals surface area contributed by atoms with Crippen LogP contribution >= 0.6 is 0 Å². The first kappa shape index (κ1) is 12.5. The molecule has 3 nitrogen and oxygen atoms in total.